The second-order valence-electron chi connectivity index (χ2n) is 8.59. The Balaban J connectivity index is 0.000000580. The molecule has 1 unspecified atom stereocenters. The van der Waals surface area contributed by atoms with Crippen LogP contribution in [-0.2, 0) is 29.8 Å². The van der Waals surface area contributed by atoms with E-state index in [0.717, 1.165) is 0 Å². The second kappa shape index (κ2) is 16.0. The number of allylic oxidation sites excluding steroid dienone is 4. The van der Waals surface area contributed by atoms with Crippen LogP contribution in [0.2, 0.25) is 13.1 Å². The summed E-state index contributed by atoms with van der Waals surface area (Å²) >= 11 is 1.74. The van der Waals surface area contributed by atoms with Gasteiger partial charge in [-0.3, -0.25) is 6.08 Å². The third-order valence-electron chi connectivity index (χ3n) is 5.67. The largest absolute Gasteiger partial charge is 1.00 e. The topological polar surface area (TPSA) is 0 Å². The van der Waals surface area contributed by atoms with E-state index in [1.807, 2.05) is 0 Å². The Morgan fingerprint density at radius 1 is 0.970 bits per heavy atom. The van der Waals surface area contributed by atoms with Gasteiger partial charge in [-0.15, -0.1) is 41.5 Å². The van der Waals surface area contributed by atoms with Gasteiger partial charge in [0.2, 0.25) is 0 Å². The Morgan fingerprint density at radius 2 is 1.58 bits per heavy atom. The first-order valence-corrected chi connectivity index (χ1v) is 17.5. The van der Waals surface area contributed by atoms with Crippen molar-refractivity contribution in [2.45, 2.75) is 60.6 Å². The fourth-order valence-electron chi connectivity index (χ4n) is 3.76. The van der Waals surface area contributed by atoms with E-state index in [1.165, 1.54) is 57.0 Å². The predicted octanol–water partition coefficient (Wildman–Crippen LogP) is 2.69. The van der Waals surface area contributed by atoms with Crippen molar-refractivity contribution in [1.82, 2.24) is 0 Å². The molecule has 4 rings (SSSR count). The first kappa shape index (κ1) is 32.2. The summed E-state index contributed by atoms with van der Waals surface area (Å²) in [4.78, 5) is 0. The summed E-state index contributed by atoms with van der Waals surface area (Å²) < 4.78 is 0. The molecule has 0 saturated heterocycles. The van der Waals surface area contributed by atoms with Gasteiger partial charge in [-0.1, -0.05) is 82.0 Å². The smallest absolute Gasteiger partial charge is 1.00 e. The van der Waals surface area contributed by atoms with E-state index in [4.69, 9.17) is 0 Å². The summed E-state index contributed by atoms with van der Waals surface area (Å²) in [6.45, 7) is 15.5. The Bertz CT molecular complexity index is 1070. The molecule has 0 radical (unpaired) electrons. The van der Waals surface area contributed by atoms with Crippen molar-refractivity contribution < 1.29 is 48.1 Å². The third-order valence-corrected chi connectivity index (χ3v) is 5.67. The number of benzene rings is 2. The normalized spacial score (nSPS) is 14.2. The molecule has 0 fully saturated rings. The Kier molecular flexibility index (Phi) is 15.6. The fraction of sp³-hybridized carbons (Fsp3) is 0.345. The summed E-state index contributed by atoms with van der Waals surface area (Å²) in [5.41, 5.74) is 8.56. The molecule has 0 aliphatic heterocycles. The molecule has 0 amide bonds. The van der Waals surface area contributed by atoms with Crippen molar-refractivity contribution in [1.29, 1.82) is 0 Å². The molecule has 0 aromatic heterocycles. The molecular formula is C29H36Cl2SiZr-2. The van der Waals surface area contributed by atoms with Crippen LogP contribution < -0.4 is 24.8 Å². The van der Waals surface area contributed by atoms with Gasteiger partial charge in [0.15, 0.2) is 0 Å². The van der Waals surface area contributed by atoms with E-state index in [2.05, 4.69) is 114 Å². The minimum atomic E-state index is 0. The van der Waals surface area contributed by atoms with Crippen LogP contribution in [0.3, 0.4) is 0 Å². The van der Waals surface area contributed by atoms with E-state index in [0.29, 0.717) is 5.92 Å². The maximum absolute atomic E-state index is 3.36. The van der Waals surface area contributed by atoms with Crippen LogP contribution in [0, 0.1) is 12.0 Å². The van der Waals surface area contributed by atoms with Crippen molar-refractivity contribution in [3.05, 3.63) is 89.0 Å². The number of hydrogen-bond acceptors (Lipinski definition) is 0. The zero-order valence-electron chi connectivity index (χ0n) is 21.0. The molecule has 1 aliphatic carbocycles. The van der Waals surface area contributed by atoms with E-state index in [1.54, 1.807) is 23.3 Å². The molecule has 33 heavy (non-hydrogen) atoms. The summed E-state index contributed by atoms with van der Waals surface area (Å²) in [5.74, 6) is 0.560. The molecule has 0 heterocycles. The molecule has 0 N–H and O–H groups in total. The molecule has 3 aromatic carbocycles. The Labute approximate surface area is 229 Å². The molecule has 0 bridgehead atoms. The van der Waals surface area contributed by atoms with Gasteiger partial charge >= 0.3 is 41.9 Å². The van der Waals surface area contributed by atoms with Crippen molar-refractivity contribution in [2.75, 3.05) is 0 Å². The molecule has 0 saturated carbocycles. The molecule has 3 aromatic rings. The van der Waals surface area contributed by atoms with Crippen molar-refractivity contribution in [3.8, 4) is 11.1 Å². The monoisotopic (exact) mass is 572 g/mol. The Morgan fingerprint density at radius 3 is 2.03 bits per heavy atom. The van der Waals surface area contributed by atoms with E-state index >= 15 is 0 Å². The van der Waals surface area contributed by atoms with Crippen LogP contribution in [0.1, 0.15) is 46.6 Å². The van der Waals surface area contributed by atoms with Crippen molar-refractivity contribution in [3.63, 3.8) is 0 Å². The van der Waals surface area contributed by atoms with Gasteiger partial charge < -0.3 is 24.8 Å². The van der Waals surface area contributed by atoms with E-state index in [9.17, 15) is 0 Å². The zero-order chi connectivity index (χ0) is 23.0. The molecular weight excluding hydrogens is 539 g/mol. The van der Waals surface area contributed by atoms with E-state index < -0.39 is 0 Å². The van der Waals surface area contributed by atoms with Crippen LogP contribution in [-0.4, -0.2) is 5.43 Å². The summed E-state index contributed by atoms with van der Waals surface area (Å²) in [6.07, 6.45) is 5.73. The second-order valence-corrected chi connectivity index (χ2v) is 18.0. The molecule has 1 atom stereocenters. The van der Waals surface area contributed by atoms with Gasteiger partial charge in [0.1, 0.15) is 0 Å². The minimum absolute atomic E-state index is 0. The molecule has 0 nitrogen and oxygen atoms in total. The van der Waals surface area contributed by atoms with Crippen molar-refractivity contribution >= 4 is 16.2 Å². The van der Waals surface area contributed by atoms with Crippen LogP contribution in [0.4, 0.5) is 0 Å². The van der Waals surface area contributed by atoms with Gasteiger partial charge in [-0.05, 0) is 12.0 Å². The maximum Gasteiger partial charge on any atom is -1.00 e. The SMILES string of the molecule is CC1=[C-]C(C)C(C)=C1C.CCCc1cc2c(-c3ccccc3)cccc2[cH-]1.C[Si](C)=[Zr+2].[Cl-].[Cl-]. The number of fused-ring (bicyclic) bond motifs is 1. The number of aryl methyl sites for hydroxylation is 1. The van der Waals surface area contributed by atoms with Crippen LogP contribution in [0.15, 0.2) is 77.4 Å². The maximum atomic E-state index is 3.36. The van der Waals surface area contributed by atoms with Crippen LogP contribution in [0.25, 0.3) is 21.9 Å². The number of rotatable bonds is 3. The summed E-state index contributed by atoms with van der Waals surface area (Å²) in [7, 11) is 0. The van der Waals surface area contributed by atoms with E-state index in [-0.39, 0.29) is 30.2 Å². The van der Waals surface area contributed by atoms with Gasteiger partial charge in [0.25, 0.3) is 0 Å². The fourth-order valence-corrected chi connectivity index (χ4v) is 3.76. The molecule has 0 spiro atoms. The van der Waals surface area contributed by atoms with Crippen molar-refractivity contribution in [2.24, 2.45) is 5.92 Å². The van der Waals surface area contributed by atoms with Gasteiger partial charge in [-0.25, -0.2) is 5.57 Å². The standard InChI is InChI=1S/C18H17.C9H13.C2H6Si.2ClH.Zr/c1-2-7-14-12-16-10-6-11-17(18(16)13-14)15-8-4-3-5-9-15;1-6-5-7(2)9(4)8(6)3;1-3-2;;;/h3-6,8-13H,2,7H2,1H3;6H,1-4H3;1-2H3;2*1H;/q2*-1;;;;+2/p-2. The summed E-state index contributed by atoms with van der Waals surface area (Å²) in [5, 5.41) is 2.74. The predicted molar refractivity (Wildman–Crippen MR) is 136 cm³/mol. The molecule has 1 aliphatic rings. The molecule has 176 valence electrons. The first-order valence-electron chi connectivity index (χ1n) is 11.3. The third kappa shape index (κ3) is 9.77. The van der Waals surface area contributed by atoms with Gasteiger partial charge in [0.05, 0.1) is 0 Å². The number of halogens is 2. The Hall–Kier alpha value is -0.790. The average molecular weight is 575 g/mol. The average Bonchev–Trinajstić information content (AvgIpc) is 3.24. The first-order chi connectivity index (χ1) is 14.7. The van der Waals surface area contributed by atoms with Gasteiger partial charge in [-0.2, -0.15) is 17.2 Å². The number of hydrogen-bond donors (Lipinski definition) is 0. The zero-order valence-corrected chi connectivity index (χ0v) is 26.0. The van der Waals surface area contributed by atoms with Crippen LogP contribution in [0.5, 0.6) is 0 Å². The van der Waals surface area contributed by atoms with Crippen LogP contribution >= 0.6 is 0 Å². The quantitative estimate of drug-likeness (QED) is 0.334. The minimum Gasteiger partial charge on any atom is -1.00 e. The molecule has 4 heteroatoms. The summed E-state index contributed by atoms with van der Waals surface area (Å²) in [6, 6.07) is 21.9. The van der Waals surface area contributed by atoms with Gasteiger partial charge in [0, 0.05) is 0 Å².